The monoisotopic (exact) mass is 346 g/mol. The van der Waals surface area contributed by atoms with Gasteiger partial charge in [-0.3, -0.25) is 14.9 Å². The molecule has 7 nitrogen and oxygen atoms in total. The van der Waals surface area contributed by atoms with Crippen LogP contribution in [-0.4, -0.2) is 22.0 Å². The first-order chi connectivity index (χ1) is 11.7. The summed E-state index contributed by atoms with van der Waals surface area (Å²) in [5, 5.41) is 24.1. The molecule has 0 bridgehead atoms. The third-order valence-electron chi connectivity index (χ3n) is 4.17. The fraction of sp³-hybridized carbons (Fsp3) is 0.389. The van der Waals surface area contributed by atoms with E-state index in [1.807, 2.05) is 0 Å². The van der Waals surface area contributed by atoms with E-state index < -0.39 is 16.9 Å². The summed E-state index contributed by atoms with van der Waals surface area (Å²) >= 11 is 0. The molecule has 2 unspecified atom stereocenters. The molecule has 1 amide bonds. The Morgan fingerprint density at radius 3 is 2.60 bits per heavy atom. The quantitative estimate of drug-likeness (QED) is 0.616. The van der Waals surface area contributed by atoms with Gasteiger partial charge in [0, 0.05) is 23.6 Å². The average molecular weight is 346 g/mol. The van der Waals surface area contributed by atoms with Crippen LogP contribution in [0.25, 0.3) is 0 Å². The number of nitrogens with zero attached hydrogens (tertiary/aromatic N) is 1. The molecule has 0 radical (unpaired) electrons. The number of carbonyl (C=O) groups excluding carboxylic acids is 1. The van der Waals surface area contributed by atoms with Crippen molar-refractivity contribution in [2.75, 3.05) is 0 Å². The van der Waals surface area contributed by atoms with Crippen LogP contribution in [0.1, 0.15) is 52.3 Å². The summed E-state index contributed by atoms with van der Waals surface area (Å²) in [7, 11) is 0. The SMILES string of the molecule is Cc1cc(C)c([N+](=O)[O-])c(C)c1C(=O)NC(C)CC(O)c1ccco1. The Balaban J connectivity index is 2.18. The zero-order valence-corrected chi connectivity index (χ0v) is 14.7. The number of nitrogens with one attached hydrogen (secondary N) is 1. The van der Waals surface area contributed by atoms with Crippen LogP contribution in [0.4, 0.5) is 5.69 Å². The van der Waals surface area contributed by atoms with Crippen molar-refractivity contribution in [1.29, 1.82) is 0 Å². The molecule has 25 heavy (non-hydrogen) atoms. The van der Waals surface area contributed by atoms with Crippen molar-refractivity contribution >= 4 is 11.6 Å². The molecule has 2 atom stereocenters. The zero-order chi connectivity index (χ0) is 18.7. The van der Waals surface area contributed by atoms with Gasteiger partial charge in [-0.15, -0.1) is 0 Å². The van der Waals surface area contributed by atoms with Crippen LogP contribution in [-0.2, 0) is 0 Å². The van der Waals surface area contributed by atoms with Crippen LogP contribution in [0.15, 0.2) is 28.9 Å². The molecule has 2 N–H and O–H groups in total. The summed E-state index contributed by atoms with van der Waals surface area (Å²) < 4.78 is 5.14. The standard InChI is InChI=1S/C18H22N2O5/c1-10-8-11(2)17(20(23)24)13(4)16(10)18(22)19-12(3)9-14(21)15-6-5-7-25-15/h5-8,12,14,21H,9H2,1-4H3,(H,19,22). The lowest BCUT2D eigenvalue weighted by molar-refractivity contribution is -0.386. The van der Waals surface area contributed by atoms with Gasteiger partial charge in [-0.1, -0.05) is 0 Å². The Labute approximate surface area is 145 Å². The van der Waals surface area contributed by atoms with Crippen molar-refractivity contribution in [3.8, 4) is 0 Å². The van der Waals surface area contributed by atoms with E-state index in [1.54, 1.807) is 45.9 Å². The molecule has 0 spiro atoms. The molecular formula is C18H22N2O5. The molecule has 7 heteroatoms. The smallest absolute Gasteiger partial charge is 0.275 e. The molecule has 2 rings (SSSR count). The highest BCUT2D eigenvalue weighted by Crippen LogP contribution is 2.29. The van der Waals surface area contributed by atoms with Gasteiger partial charge in [0.15, 0.2) is 0 Å². The Kier molecular flexibility index (Phi) is 5.58. The van der Waals surface area contributed by atoms with Gasteiger partial charge in [0.25, 0.3) is 11.6 Å². The topological polar surface area (TPSA) is 106 Å². The summed E-state index contributed by atoms with van der Waals surface area (Å²) in [5.41, 5.74) is 1.81. The maximum atomic E-state index is 12.6. The molecule has 1 heterocycles. The predicted molar refractivity (Wildman–Crippen MR) is 92.5 cm³/mol. The lowest BCUT2D eigenvalue weighted by Crippen LogP contribution is -2.34. The van der Waals surface area contributed by atoms with Crippen molar-refractivity contribution < 1.29 is 19.2 Å². The van der Waals surface area contributed by atoms with Gasteiger partial charge in [-0.05, 0) is 51.5 Å². The average Bonchev–Trinajstić information content (AvgIpc) is 2.99. The number of rotatable bonds is 6. The van der Waals surface area contributed by atoms with Crippen molar-refractivity contribution in [3.05, 3.63) is 62.6 Å². The van der Waals surface area contributed by atoms with E-state index in [4.69, 9.17) is 4.42 Å². The Morgan fingerprint density at radius 2 is 2.04 bits per heavy atom. The van der Waals surface area contributed by atoms with Gasteiger partial charge < -0.3 is 14.8 Å². The number of amides is 1. The minimum Gasteiger partial charge on any atom is -0.467 e. The van der Waals surface area contributed by atoms with Crippen molar-refractivity contribution in [2.24, 2.45) is 0 Å². The van der Waals surface area contributed by atoms with E-state index in [-0.39, 0.29) is 18.2 Å². The van der Waals surface area contributed by atoms with E-state index in [0.717, 1.165) is 0 Å². The van der Waals surface area contributed by atoms with Crippen LogP contribution in [0.5, 0.6) is 0 Å². The summed E-state index contributed by atoms with van der Waals surface area (Å²) in [6.45, 7) is 6.75. The molecule has 134 valence electrons. The van der Waals surface area contributed by atoms with Gasteiger partial charge in [-0.25, -0.2) is 0 Å². The first-order valence-corrected chi connectivity index (χ1v) is 7.99. The Bertz CT molecular complexity index is 783. The summed E-state index contributed by atoms with van der Waals surface area (Å²) in [5.74, 6) is 0.0386. The van der Waals surface area contributed by atoms with Crippen LogP contribution >= 0.6 is 0 Å². The minimum absolute atomic E-state index is 0.0426. The number of aryl methyl sites for hydroxylation is 2. The molecule has 0 aliphatic carbocycles. The van der Waals surface area contributed by atoms with Crippen molar-refractivity contribution in [3.63, 3.8) is 0 Å². The molecule has 0 saturated heterocycles. The van der Waals surface area contributed by atoms with Crippen molar-refractivity contribution in [2.45, 2.75) is 46.3 Å². The lowest BCUT2D eigenvalue weighted by Gasteiger charge is -2.18. The molecule has 0 aliphatic rings. The summed E-state index contributed by atoms with van der Waals surface area (Å²) in [6.07, 6.45) is 0.908. The number of aliphatic hydroxyl groups is 1. The van der Waals surface area contributed by atoms with E-state index in [2.05, 4.69) is 5.32 Å². The first kappa shape index (κ1) is 18.7. The fourth-order valence-electron chi connectivity index (χ4n) is 3.09. The molecule has 0 aliphatic heterocycles. The number of hydrogen-bond acceptors (Lipinski definition) is 5. The summed E-state index contributed by atoms with van der Waals surface area (Å²) in [6, 6.07) is 4.64. The third-order valence-corrected chi connectivity index (χ3v) is 4.17. The minimum atomic E-state index is -0.833. The Hall–Kier alpha value is -2.67. The number of nitro groups is 1. The van der Waals surface area contributed by atoms with E-state index >= 15 is 0 Å². The van der Waals surface area contributed by atoms with Crippen LogP contribution in [0.2, 0.25) is 0 Å². The van der Waals surface area contributed by atoms with Gasteiger partial charge >= 0.3 is 0 Å². The van der Waals surface area contributed by atoms with E-state index in [0.29, 0.717) is 28.0 Å². The molecule has 0 fully saturated rings. The number of hydrogen-bond donors (Lipinski definition) is 2. The molecule has 1 aromatic heterocycles. The van der Waals surface area contributed by atoms with Gasteiger partial charge in [-0.2, -0.15) is 0 Å². The maximum absolute atomic E-state index is 12.6. The third kappa shape index (κ3) is 4.06. The first-order valence-electron chi connectivity index (χ1n) is 7.99. The largest absolute Gasteiger partial charge is 0.467 e. The normalized spacial score (nSPS) is 13.3. The highest BCUT2D eigenvalue weighted by Gasteiger charge is 2.25. The fourth-order valence-corrected chi connectivity index (χ4v) is 3.09. The second-order valence-corrected chi connectivity index (χ2v) is 6.26. The second kappa shape index (κ2) is 7.48. The molecule has 0 saturated carbocycles. The molecular weight excluding hydrogens is 324 g/mol. The number of carbonyl (C=O) groups is 1. The zero-order valence-electron chi connectivity index (χ0n) is 14.7. The second-order valence-electron chi connectivity index (χ2n) is 6.26. The van der Waals surface area contributed by atoms with Gasteiger partial charge in [0.1, 0.15) is 11.9 Å². The van der Waals surface area contributed by atoms with Gasteiger partial charge in [0.05, 0.1) is 16.7 Å². The highest BCUT2D eigenvalue weighted by molar-refractivity contribution is 5.98. The van der Waals surface area contributed by atoms with Crippen LogP contribution < -0.4 is 5.32 Å². The lowest BCUT2D eigenvalue weighted by atomic mass is 9.96. The Morgan fingerprint density at radius 1 is 1.36 bits per heavy atom. The highest BCUT2D eigenvalue weighted by atomic mass is 16.6. The molecule has 1 aromatic carbocycles. The number of aliphatic hydroxyl groups excluding tert-OH is 1. The maximum Gasteiger partial charge on any atom is 0.275 e. The number of furan rings is 1. The van der Waals surface area contributed by atoms with Crippen molar-refractivity contribution in [1.82, 2.24) is 5.32 Å². The van der Waals surface area contributed by atoms with Crippen LogP contribution in [0, 0.1) is 30.9 Å². The van der Waals surface area contributed by atoms with E-state index in [9.17, 15) is 20.0 Å². The van der Waals surface area contributed by atoms with Gasteiger partial charge in [0.2, 0.25) is 0 Å². The molecule has 2 aromatic rings. The number of nitro benzene ring substituents is 1. The number of benzene rings is 1. The van der Waals surface area contributed by atoms with Crippen LogP contribution in [0.3, 0.4) is 0 Å². The summed E-state index contributed by atoms with van der Waals surface area (Å²) in [4.78, 5) is 23.4. The van der Waals surface area contributed by atoms with E-state index in [1.165, 1.54) is 6.26 Å². The predicted octanol–water partition coefficient (Wildman–Crippen LogP) is 3.36.